The maximum atomic E-state index is 13.7. The van der Waals surface area contributed by atoms with E-state index >= 15 is 0 Å². The highest BCUT2D eigenvalue weighted by atomic mass is 16.2. The molecule has 3 rings (SSSR count). The van der Waals surface area contributed by atoms with Crippen LogP contribution in [0.25, 0.3) is 16.6 Å². The minimum Gasteiger partial charge on any atom is -0.333 e. The Labute approximate surface area is 191 Å². The summed E-state index contributed by atoms with van der Waals surface area (Å²) in [7, 11) is 0. The molecule has 0 aliphatic rings. The number of carbonyl (C=O) groups is 1. The van der Waals surface area contributed by atoms with E-state index in [0.29, 0.717) is 35.6 Å². The zero-order valence-electron chi connectivity index (χ0n) is 20.0. The first-order valence-electron chi connectivity index (χ1n) is 11.8. The Kier molecular flexibility index (Phi) is 7.84. The van der Waals surface area contributed by atoms with Gasteiger partial charge in [-0.25, -0.2) is 4.98 Å². The number of aryl methyl sites for hydroxylation is 1. The van der Waals surface area contributed by atoms with E-state index in [4.69, 9.17) is 4.98 Å². The maximum Gasteiger partial charge on any atom is 0.266 e. The number of aromatic nitrogens is 2. The Morgan fingerprint density at radius 3 is 2.41 bits per heavy atom. The van der Waals surface area contributed by atoms with Crippen molar-refractivity contribution in [3.05, 3.63) is 70.3 Å². The lowest BCUT2D eigenvalue weighted by atomic mass is 10.1. The van der Waals surface area contributed by atoms with E-state index in [1.165, 1.54) is 0 Å². The molecule has 0 radical (unpaired) electrons. The van der Waals surface area contributed by atoms with Crippen molar-refractivity contribution in [2.75, 3.05) is 6.54 Å². The van der Waals surface area contributed by atoms with Crippen molar-refractivity contribution < 1.29 is 4.79 Å². The molecule has 0 aliphatic carbocycles. The highest BCUT2D eigenvalue weighted by Crippen LogP contribution is 2.26. The molecule has 32 heavy (non-hydrogen) atoms. The fourth-order valence-corrected chi connectivity index (χ4v) is 4.17. The number of para-hydroxylation sites is 2. The van der Waals surface area contributed by atoms with Gasteiger partial charge in [0, 0.05) is 13.0 Å². The Balaban J connectivity index is 2.25. The molecule has 0 bridgehead atoms. The fraction of sp³-hybridized carbons (Fsp3) is 0.444. The molecular weight excluding hydrogens is 398 g/mol. The monoisotopic (exact) mass is 433 g/mol. The van der Waals surface area contributed by atoms with Crippen molar-refractivity contribution in [2.24, 2.45) is 5.92 Å². The van der Waals surface area contributed by atoms with Crippen LogP contribution in [0.2, 0.25) is 0 Å². The van der Waals surface area contributed by atoms with Crippen LogP contribution >= 0.6 is 0 Å². The largest absolute Gasteiger partial charge is 0.333 e. The number of hydrogen-bond donors (Lipinski definition) is 0. The number of amides is 1. The summed E-state index contributed by atoms with van der Waals surface area (Å²) >= 11 is 0. The summed E-state index contributed by atoms with van der Waals surface area (Å²) in [6, 6.07) is 15.1. The van der Waals surface area contributed by atoms with Gasteiger partial charge >= 0.3 is 0 Å². The normalized spacial score (nSPS) is 12.3. The molecular formula is C27H35N3O2. The number of hydrogen-bond acceptors (Lipinski definition) is 3. The Morgan fingerprint density at radius 2 is 1.72 bits per heavy atom. The van der Waals surface area contributed by atoms with Crippen LogP contribution in [0.4, 0.5) is 0 Å². The molecule has 1 atom stereocenters. The summed E-state index contributed by atoms with van der Waals surface area (Å²) in [5, 5.41) is 0.585. The van der Waals surface area contributed by atoms with Crippen LogP contribution in [0.1, 0.15) is 71.3 Å². The molecule has 1 aromatic heterocycles. The van der Waals surface area contributed by atoms with Crippen molar-refractivity contribution >= 4 is 16.8 Å². The van der Waals surface area contributed by atoms with Gasteiger partial charge in [-0.05, 0) is 49.4 Å². The van der Waals surface area contributed by atoms with Gasteiger partial charge in [-0.2, -0.15) is 0 Å². The zero-order chi connectivity index (χ0) is 23.3. The molecule has 1 amide bonds. The number of carbonyl (C=O) groups excluding carboxylic acids is 1. The first kappa shape index (κ1) is 23.7. The van der Waals surface area contributed by atoms with Gasteiger partial charge in [0.2, 0.25) is 5.91 Å². The molecule has 0 N–H and O–H groups in total. The lowest BCUT2D eigenvalue weighted by Crippen LogP contribution is -2.39. The molecule has 5 nitrogen and oxygen atoms in total. The molecule has 2 aromatic carbocycles. The standard InChI is InChI=1S/C27H35N3O2/c1-6-8-17-25(31)29(18-19(3)4)20(5)26-28-23-15-11-10-14-22(23)27(32)30(26)24-16-12-9-13-21(24)7-2/h9-16,19-20H,6-8,17-18H2,1-5H3. The Bertz CT molecular complexity index is 1130. The molecule has 0 aliphatic heterocycles. The number of unbranched alkanes of at least 4 members (excludes halogenated alkanes) is 1. The summed E-state index contributed by atoms with van der Waals surface area (Å²) in [6.45, 7) is 11.0. The molecule has 0 saturated carbocycles. The summed E-state index contributed by atoms with van der Waals surface area (Å²) in [6.07, 6.45) is 3.14. The number of rotatable bonds is 9. The average molecular weight is 434 g/mol. The molecule has 170 valence electrons. The molecule has 0 spiro atoms. The number of fused-ring (bicyclic) bond motifs is 1. The second-order valence-electron chi connectivity index (χ2n) is 8.83. The van der Waals surface area contributed by atoms with Crippen LogP contribution < -0.4 is 5.56 Å². The van der Waals surface area contributed by atoms with Gasteiger partial charge in [-0.1, -0.05) is 64.4 Å². The van der Waals surface area contributed by atoms with Crippen molar-refractivity contribution in [3.63, 3.8) is 0 Å². The van der Waals surface area contributed by atoms with E-state index < -0.39 is 0 Å². The van der Waals surface area contributed by atoms with E-state index in [1.54, 1.807) is 4.57 Å². The minimum absolute atomic E-state index is 0.0937. The topological polar surface area (TPSA) is 55.2 Å². The predicted molar refractivity (Wildman–Crippen MR) is 131 cm³/mol. The third-order valence-corrected chi connectivity index (χ3v) is 5.88. The number of benzene rings is 2. The van der Waals surface area contributed by atoms with Gasteiger partial charge in [0.05, 0.1) is 22.6 Å². The first-order chi connectivity index (χ1) is 15.4. The van der Waals surface area contributed by atoms with E-state index in [1.807, 2.05) is 60.4 Å². The van der Waals surface area contributed by atoms with E-state index in [9.17, 15) is 9.59 Å². The average Bonchev–Trinajstić information content (AvgIpc) is 2.80. The lowest BCUT2D eigenvalue weighted by Gasteiger charge is -2.32. The van der Waals surface area contributed by atoms with Crippen molar-refractivity contribution in [1.29, 1.82) is 0 Å². The van der Waals surface area contributed by atoms with Gasteiger partial charge in [0.1, 0.15) is 5.82 Å². The fourth-order valence-electron chi connectivity index (χ4n) is 4.17. The summed E-state index contributed by atoms with van der Waals surface area (Å²) < 4.78 is 1.73. The summed E-state index contributed by atoms with van der Waals surface area (Å²) in [5.74, 6) is 1.04. The summed E-state index contributed by atoms with van der Waals surface area (Å²) in [4.78, 5) is 33.8. The van der Waals surface area contributed by atoms with Crippen LogP contribution in [0.15, 0.2) is 53.3 Å². The zero-order valence-corrected chi connectivity index (χ0v) is 20.0. The summed E-state index contributed by atoms with van der Waals surface area (Å²) in [5.41, 5.74) is 2.48. The molecule has 0 fully saturated rings. The molecule has 1 unspecified atom stereocenters. The number of nitrogens with zero attached hydrogens (tertiary/aromatic N) is 3. The van der Waals surface area contributed by atoms with Gasteiger partial charge in [-0.15, -0.1) is 0 Å². The first-order valence-corrected chi connectivity index (χ1v) is 11.8. The van der Waals surface area contributed by atoms with Crippen molar-refractivity contribution in [2.45, 2.75) is 66.3 Å². The Morgan fingerprint density at radius 1 is 1.03 bits per heavy atom. The molecule has 0 saturated heterocycles. The highest BCUT2D eigenvalue weighted by molar-refractivity contribution is 5.79. The van der Waals surface area contributed by atoms with Crippen LogP contribution in [0.5, 0.6) is 0 Å². The van der Waals surface area contributed by atoms with Crippen LogP contribution in [0, 0.1) is 5.92 Å². The van der Waals surface area contributed by atoms with Gasteiger partial charge in [0.25, 0.3) is 5.56 Å². The lowest BCUT2D eigenvalue weighted by molar-refractivity contribution is -0.134. The van der Waals surface area contributed by atoms with Crippen molar-refractivity contribution in [3.8, 4) is 5.69 Å². The Hall–Kier alpha value is -2.95. The SMILES string of the molecule is CCCCC(=O)N(CC(C)C)C(C)c1nc2ccccc2c(=O)n1-c1ccccc1CC. The predicted octanol–water partition coefficient (Wildman–Crippen LogP) is 5.68. The second-order valence-corrected chi connectivity index (χ2v) is 8.83. The maximum absolute atomic E-state index is 13.7. The third kappa shape index (κ3) is 4.93. The van der Waals surface area contributed by atoms with E-state index in [-0.39, 0.29) is 17.5 Å². The third-order valence-electron chi connectivity index (χ3n) is 5.88. The van der Waals surface area contributed by atoms with Crippen LogP contribution in [-0.2, 0) is 11.2 Å². The van der Waals surface area contributed by atoms with E-state index in [0.717, 1.165) is 30.5 Å². The van der Waals surface area contributed by atoms with Crippen LogP contribution in [0.3, 0.4) is 0 Å². The smallest absolute Gasteiger partial charge is 0.266 e. The molecule has 3 aromatic rings. The highest BCUT2D eigenvalue weighted by Gasteiger charge is 2.27. The van der Waals surface area contributed by atoms with E-state index in [2.05, 4.69) is 27.7 Å². The molecule has 1 heterocycles. The quantitative estimate of drug-likeness (QED) is 0.436. The van der Waals surface area contributed by atoms with Gasteiger partial charge in [-0.3, -0.25) is 14.2 Å². The second kappa shape index (κ2) is 10.6. The minimum atomic E-state index is -0.330. The molecule has 5 heteroatoms. The van der Waals surface area contributed by atoms with Gasteiger partial charge in [0.15, 0.2) is 0 Å². The van der Waals surface area contributed by atoms with Crippen LogP contribution in [-0.4, -0.2) is 26.9 Å². The van der Waals surface area contributed by atoms with Gasteiger partial charge < -0.3 is 4.90 Å². The van der Waals surface area contributed by atoms with Crippen molar-refractivity contribution in [1.82, 2.24) is 14.5 Å².